The number of H-pyrrole nitrogens is 1. The smallest absolute Gasteiger partial charge is 0.251 e. The second-order valence-corrected chi connectivity index (χ2v) is 16.4. The summed E-state index contributed by atoms with van der Waals surface area (Å²) in [4.78, 5) is 61.3. The molecule has 1 unspecified atom stereocenters. The zero-order chi connectivity index (χ0) is 38.3. The molecule has 4 aliphatic heterocycles. The second kappa shape index (κ2) is 15.5. The third kappa shape index (κ3) is 7.47. The average Bonchev–Trinajstić information content (AvgIpc) is 3.97. The number of piperazine rings is 1. The largest absolute Gasteiger partial charge is 0.369 e. The number of carbonyl (C=O) groups is 3. The number of imide groups is 1. The van der Waals surface area contributed by atoms with Gasteiger partial charge in [0.15, 0.2) is 0 Å². The summed E-state index contributed by atoms with van der Waals surface area (Å²) in [5, 5.41) is 7.29. The van der Waals surface area contributed by atoms with Crippen LogP contribution in [0.25, 0.3) is 32.9 Å². The maximum Gasteiger partial charge on any atom is 0.251 e. The van der Waals surface area contributed by atoms with Crippen LogP contribution in [0, 0.1) is 5.92 Å². The van der Waals surface area contributed by atoms with Crippen LogP contribution < -0.4 is 10.2 Å². The molecule has 3 amide bonds. The van der Waals surface area contributed by atoms with E-state index in [1.807, 2.05) is 35.2 Å². The van der Waals surface area contributed by atoms with E-state index in [1.54, 1.807) is 13.2 Å². The summed E-state index contributed by atoms with van der Waals surface area (Å²) >= 11 is 6.55. The number of halogens is 1. The predicted octanol–water partition coefficient (Wildman–Crippen LogP) is 5.10. The first kappa shape index (κ1) is 36.6. The first-order chi connectivity index (χ1) is 27.3. The number of nitrogens with one attached hydrogen (secondary N) is 2. The van der Waals surface area contributed by atoms with Crippen molar-refractivity contribution in [1.29, 1.82) is 0 Å². The first-order valence-corrected chi connectivity index (χ1v) is 20.4. The Bertz CT molecular complexity index is 2260. The number of likely N-dealkylation sites (N-methyl/N-ethyl adjacent to an activating group) is 1. The monoisotopic (exact) mass is 776 g/mol. The van der Waals surface area contributed by atoms with Gasteiger partial charge < -0.3 is 24.7 Å². The zero-order valence-electron chi connectivity index (χ0n) is 31.9. The predicted molar refractivity (Wildman–Crippen MR) is 219 cm³/mol. The fourth-order valence-corrected chi connectivity index (χ4v) is 9.27. The topological polar surface area (TPSA) is 126 Å². The molecule has 2 atom stereocenters. The summed E-state index contributed by atoms with van der Waals surface area (Å²) in [7, 11) is 1.58. The van der Waals surface area contributed by atoms with Crippen molar-refractivity contribution in [3.05, 3.63) is 72.3 Å². The highest BCUT2D eigenvalue weighted by molar-refractivity contribution is 6.33. The average molecular weight is 777 g/mol. The van der Waals surface area contributed by atoms with E-state index in [2.05, 4.69) is 65.3 Å². The van der Waals surface area contributed by atoms with Gasteiger partial charge in [0, 0.05) is 125 Å². The van der Waals surface area contributed by atoms with Crippen molar-refractivity contribution >= 4 is 62.6 Å². The molecular weight excluding hydrogens is 728 g/mol. The summed E-state index contributed by atoms with van der Waals surface area (Å²) in [5.74, 6) is 1.14. The van der Waals surface area contributed by atoms with Gasteiger partial charge in [-0.25, -0.2) is 9.97 Å². The van der Waals surface area contributed by atoms with Gasteiger partial charge in [0.25, 0.3) is 5.91 Å². The Hall–Kier alpha value is -4.98. The number of carbonyl (C=O) groups excluding carboxylic acids is 3. The van der Waals surface area contributed by atoms with E-state index in [-0.39, 0.29) is 29.8 Å². The molecule has 4 saturated heterocycles. The Balaban J connectivity index is 0.711. The molecule has 4 fully saturated rings. The Kier molecular flexibility index (Phi) is 10.2. The number of amides is 3. The van der Waals surface area contributed by atoms with Gasteiger partial charge in [0.1, 0.15) is 6.04 Å². The van der Waals surface area contributed by atoms with E-state index in [9.17, 15) is 14.4 Å². The van der Waals surface area contributed by atoms with Crippen LogP contribution in [0.3, 0.4) is 0 Å². The number of piperidine rings is 2. The number of hydrogen-bond acceptors (Lipinski definition) is 9. The number of aromatic nitrogens is 4. The molecule has 2 aromatic carbocycles. The Morgan fingerprint density at radius 1 is 0.929 bits per heavy atom. The second-order valence-electron chi connectivity index (χ2n) is 16.0. The highest BCUT2D eigenvalue weighted by atomic mass is 35.5. The molecule has 7 heterocycles. The summed E-state index contributed by atoms with van der Waals surface area (Å²) < 4.78 is 1.98. The number of fused-ring (bicyclic) bond motifs is 2. The van der Waals surface area contributed by atoms with Gasteiger partial charge >= 0.3 is 0 Å². The molecular formula is C42H49ClN10O3. The molecule has 0 bridgehead atoms. The lowest BCUT2D eigenvalue weighted by atomic mass is 9.95. The molecule has 5 aromatic rings. The number of benzene rings is 2. The lowest BCUT2D eigenvalue weighted by Crippen LogP contribution is -2.49. The minimum atomic E-state index is -0.327. The normalized spacial score (nSPS) is 21.9. The zero-order valence-corrected chi connectivity index (χ0v) is 32.6. The van der Waals surface area contributed by atoms with Gasteiger partial charge in [-0.2, -0.15) is 0 Å². The van der Waals surface area contributed by atoms with Crippen molar-refractivity contribution in [1.82, 2.24) is 39.1 Å². The quantitative estimate of drug-likeness (QED) is 0.197. The maximum atomic E-state index is 13.4. The van der Waals surface area contributed by atoms with Crippen LogP contribution >= 0.6 is 11.6 Å². The number of aromatic amines is 1. The van der Waals surface area contributed by atoms with Gasteiger partial charge in [-0.05, 0) is 55.2 Å². The summed E-state index contributed by atoms with van der Waals surface area (Å²) in [6, 6.07) is 14.5. The molecule has 3 aromatic heterocycles. The highest BCUT2D eigenvalue weighted by Gasteiger charge is 2.33. The summed E-state index contributed by atoms with van der Waals surface area (Å²) in [5.41, 5.74) is 3.89. The van der Waals surface area contributed by atoms with Gasteiger partial charge in [0.05, 0.1) is 23.5 Å². The van der Waals surface area contributed by atoms with Crippen molar-refractivity contribution in [3.63, 3.8) is 0 Å². The molecule has 4 aliphatic rings. The van der Waals surface area contributed by atoms with E-state index in [1.165, 1.54) is 10.6 Å². The maximum absolute atomic E-state index is 13.4. The third-order valence-electron chi connectivity index (χ3n) is 12.4. The summed E-state index contributed by atoms with van der Waals surface area (Å²) in [6.07, 6.45) is 11.6. The fourth-order valence-electron chi connectivity index (χ4n) is 9.08. The van der Waals surface area contributed by atoms with E-state index in [0.717, 1.165) is 105 Å². The molecule has 0 aliphatic carbocycles. The lowest BCUT2D eigenvalue weighted by Gasteiger charge is -2.39. The van der Waals surface area contributed by atoms with Crippen LogP contribution in [0.4, 0.5) is 11.6 Å². The number of likely N-dealkylation sites (tertiary alicyclic amines) is 3. The van der Waals surface area contributed by atoms with Gasteiger partial charge in [-0.1, -0.05) is 35.9 Å². The molecule has 9 rings (SSSR count). The highest BCUT2D eigenvalue weighted by Crippen LogP contribution is 2.33. The standard InChI is InChI=1S/C42H49ClN10O3/c1-48-38(54)9-8-37(41(48)56)53-24-29-6-7-32(20-30(29)25-53)51-18-16-49(17-19-51)23-28-10-14-52(15-11-28)39(55)27-50-13-12-31(26-50)46-42-45-22-35(43)40(47-42)34-21-44-36-5-3-2-4-33(34)36/h2-7,20-22,24-25,28,31,37,44H,8-19,23,26-27H2,1H3,(H,45,46,47)/t31-,37?/m1/s1. The van der Waals surface area contributed by atoms with E-state index < -0.39 is 0 Å². The number of nitrogens with zero attached hydrogens (tertiary/aromatic N) is 8. The molecule has 0 radical (unpaired) electrons. The first-order valence-electron chi connectivity index (χ1n) is 20.0. The molecule has 13 nitrogen and oxygen atoms in total. The lowest BCUT2D eigenvalue weighted by molar-refractivity contribution is -0.149. The minimum absolute atomic E-state index is 0.106. The molecule has 14 heteroatoms. The Morgan fingerprint density at radius 2 is 1.73 bits per heavy atom. The minimum Gasteiger partial charge on any atom is -0.369 e. The van der Waals surface area contributed by atoms with Crippen LogP contribution in [0.15, 0.2) is 67.3 Å². The van der Waals surface area contributed by atoms with Crippen LogP contribution in [-0.4, -0.2) is 135 Å². The SMILES string of the molecule is CN1C(=O)CCC(n2cc3ccc(N4CCN(CC5CCN(C(=O)CN6CC[C@@H](Nc7ncc(Cl)c(-c8c[nH]c9ccccc89)n7)C6)CC5)CC4)cc3c2)C1=O. The third-order valence-corrected chi connectivity index (χ3v) is 12.7. The number of anilines is 2. The Morgan fingerprint density at radius 3 is 2.57 bits per heavy atom. The van der Waals surface area contributed by atoms with Crippen LogP contribution in [0.2, 0.25) is 5.02 Å². The molecule has 56 heavy (non-hydrogen) atoms. The van der Waals surface area contributed by atoms with Crippen molar-refractivity contribution < 1.29 is 14.4 Å². The van der Waals surface area contributed by atoms with Crippen molar-refractivity contribution in [2.24, 2.45) is 5.92 Å². The van der Waals surface area contributed by atoms with E-state index in [4.69, 9.17) is 16.6 Å². The molecule has 0 saturated carbocycles. The van der Waals surface area contributed by atoms with E-state index in [0.29, 0.717) is 42.0 Å². The molecule has 2 N–H and O–H groups in total. The van der Waals surface area contributed by atoms with Crippen molar-refractivity contribution in [2.75, 3.05) is 82.7 Å². The number of rotatable bonds is 9. The number of para-hydroxylation sites is 1. The molecule has 0 spiro atoms. The van der Waals surface area contributed by atoms with Crippen LogP contribution in [0.5, 0.6) is 0 Å². The molecule has 292 valence electrons. The van der Waals surface area contributed by atoms with Gasteiger partial charge in [-0.3, -0.25) is 29.1 Å². The Labute approximate surface area is 331 Å². The summed E-state index contributed by atoms with van der Waals surface area (Å²) in [6.45, 7) is 8.79. The van der Waals surface area contributed by atoms with E-state index >= 15 is 0 Å². The van der Waals surface area contributed by atoms with Crippen LogP contribution in [0.1, 0.15) is 38.1 Å². The van der Waals surface area contributed by atoms with Gasteiger partial charge in [0.2, 0.25) is 17.8 Å². The van der Waals surface area contributed by atoms with Crippen molar-refractivity contribution in [3.8, 4) is 11.3 Å². The van der Waals surface area contributed by atoms with Gasteiger partial charge in [-0.15, -0.1) is 0 Å². The number of hydrogen-bond donors (Lipinski definition) is 2. The van der Waals surface area contributed by atoms with Crippen molar-refractivity contribution in [2.45, 2.75) is 44.2 Å². The van der Waals surface area contributed by atoms with Crippen LogP contribution in [-0.2, 0) is 14.4 Å². The fraction of sp³-hybridized carbons (Fsp3) is 0.452.